The molecule has 0 unspecified atom stereocenters. The minimum atomic E-state index is -1.65. The van der Waals surface area contributed by atoms with Gasteiger partial charge in [0.05, 0.1) is 6.42 Å². The molecule has 0 saturated heterocycles. The zero-order valence-electron chi connectivity index (χ0n) is 9.63. The normalized spacial score (nSPS) is 9.39. The van der Waals surface area contributed by atoms with E-state index in [2.05, 4.69) is 4.74 Å². The number of carboxylic acid groups (broad SMARTS) is 1. The van der Waals surface area contributed by atoms with Crippen molar-refractivity contribution in [2.45, 2.75) is 12.8 Å². The van der Waals surface area contributed by atoms with Crippen molar-refractivity contribution >= 4 is 29.7 Å². The number of nitrogens with one attached hydrogen (secondary N) is 1. The van der Waals surface area contributed by atoms with E-state index >= 15 is 0 Å². The molecule has 0 aromatic heterocycles. The lowest BCUT2D eigenvalue weighted by molar-refractivity contribution is -0.160. The second-order valence-electron chi connectivity index (χ2n) is 3.32. The van der Waals surface area contributed by atoms with Gasteiger partial charge in [0, 0.05) is 13.5 Å². The van der Waals surface area contributed by atoms with Crippen LogP contribution >= 0.6 is 0 Å². The average molecular weight is 259 g/mol. The van der Waals surface area contributed by atoms with Crippen molar-refractivity contribution in [2.75, 3.05) is 13.6 Å². The number of hydrogen-bond donors (Lipinski definition) is 3. The van der Waals surface area contributed by atoms with Crippen LogP contribution in [0.25, 0.3) is 0 Å². The first-order valence-corrected chi connectivity index (χ1v) is 4.78. The zero-order valence-corrected chi connectivity index (χ0v) is 9.63. The van der Waals surface area contributed by atoms with Crippen LogP contribution in [0.2, 0.25) is 0 Å². The van der Waals surface area contributed by atoms with Gasteiger partial charge in [-0.05, 0) is 0 Å². The predicted octanol–water partition coefficient (Wildman–Crippen LogP) is -1.68. The number of guanidine groups is 1. The van der Waals surface area contributed by atoms with Crippen molar-refractivity contribution in [1.82, 2.24) is 4.90 Å². The summed E-state index contributed by atoms with van der Waals surface area (Å²) in [5.74, 6) is -5.11. The average Bonchev–Trinajstić information content (AvgIpc) is 2.24. The van der Waals surface area contributed by atoms with Gasteiger partial charge in [-0.1, -0.05) is 0 Å². The lowest BCUT2D eigenvalue weighted by atomic mass is 10.2. The molecule has 0 rings (SSSR count). The Hall–Kier alpha value is -2.45. The van der Waals surface area contributed by atoms with Gasteiger partial charge in [-0.3, -0.25) is 15.0 Å². The molecule has 0 saturated carbocycles. The third-order valence-corrected chi connectivity index (χ3v) is 1.80. The van der Waals surface area contributed by atoms with Crippen molar-refractivity contribution in [3.8, 4) is 0 Å². The fourth-order valence-electron chi connectivity index (χ4n) is 0.812. The van der Waals surface area contributed by atoms with E-state index in [1.54, 1.807) is 0 Å². The summed E-state index contributed by atoms with van der Waals surface area (Å²) >= 11 is 0. The number of esters is 2. The monoisotopic (exact) mass is 259 g/mol. The highest BCUT2D eigenvalue weighted by atomic mass is 16.6. The number of aliphatic carboxylic acids is 1. The van der Waals surface area contributed by atoms with E-state index in [1.165, 1.54) is 7.05 Å². The highest BCUT2D eigenvalue weighted by Gasteiger charge is 2.17. The summed E-state index contributed by atoms with van der Waals surface area (Å²) < 4.78 is 4.28. The van der Waals surface area contributed by atoms with Gasteiger partial charge in [0.1, 0.15) is 6.54 Å². The number of rotatable bonds is 6. The molecule has 4 N–H and O–H groups in total. The number of ether oxygens (including phenoxy) is 1. The summed E-state index contributed by atoms with van der Waals surface area (Å²) in [4.78, 5) is 44.0. The van der Waals surface area contributed by atoms with Gasteiger partial charge >= 0.3 is 17.9 Å². The summed E-state index contributed by atoms with van der Waals surface area (Å²) in [7, 11) is 1.35. The van der Waals surface area contributed by atoms with Gasteiger partial charge < -0.3 is 20.5 Å². The number of carbonyl (C=O) groups is 4. The molecule has 0 atom stereocenters. The van der Waals surface area contributed by atoms with Gasteiger partial charge in [-0.2, -0.15) is 0 Å². The number of carboxylic acids is 1. The van der Waals surface area contributed by atoms with Crippen LogP contribution in [0.4, 0.5) is 0 Å². The van der Waals surface area contributed by atoms with E-state index in [4.69, 9.17) is 16.2 Å². The van der Waals surface area contributed by atoms with Crippen molar-refractivity contribution in [3.63, 3.8) is 0 Å². The molecule has 0 heterocycles. The first-order chi connectivity index (χ1) is 8.23. The van der Waals surface area contributed by atoms with E-state index in [9.17, 15) is 19.2 Å². The summed E-state index contributed by atoms with van der Waals surface area (Å²) in [6.45, 7) is -0.395. The minimum Gasteiger partial charge on any atom is -0.476 e. The number of carbonyl (C=O) groups excluding carboxylic acids is 3. The first kappa shape index (κ1) is 15.6. The molecule has 100 valence electrons. The second-order valence-corrected chi connectivity index (χ2v) is 3.32. The number of nitrogens with zero attached hydrogens (tertiary/aromatic N) is 1. The Morgan fingerprint density at radius 1 is 1.22 bits per heavy atom. The molecule has 0 fully saturated rings. The molecule has 9 heteroatoms. The van der Waals surface area contributed by atoms with Crippen LogP contribution in [-0.4, -0.2) is 53.2 Å². The van der Waals surface area contributed by atoms with Crippen LogP contribution in [-0.2, 0) is 23.9 Å². The van der Waals surface area contributed by atoms with Crippen LogP contribution in [0.5, 0.6) is 0 Å². The summed E-state index contributed by atoms with van der Waals surface area (Å²) in [5.41, 5.74) is 5.05. The van der Waals surface area contributed by atoms with Crippen LogP contribution in [0.3, 0.4) is 0 Å². The van der Waals surface area contributed by atoms with E-state index < -0.39 is 43.1 Å². The molecule has 0 aliphatic heterocycles. The molecule has 0 radical (unpaired) electrons. The molecular formula is C9H13N3O6. The highest BCUT2D eigenvalue weighted by molar-refractivity contribution is 6.32. The van der Waals surface area contributed by atoms with Crippen LogP contribution in [0, 0.1) is 5.41 Å². The summed E-state index contributed by atoms with van der Waals surface area (Å²) in [5, 5.41) is 15.2. The molecule has 0 aliphatic carbocycles. The molecule has 0 amide bonds. The van der Waals surface area contributed by atoms with Crippen LogP contribution < -0.4 is 5.73 Å². The van der Waals surface area contributed by atoms with Gasteiger partial charge in [-0.15, -0.1) is 0 Å². The Bertz CT molecular complexity index is 392. The molecule has 18 heavy (non-hydrogen) atoms. The van der Waals surface area contributed by atoms with E-state index in [-0.39, 0.29) is 5.96 Å². The predicted molar refractivity (Wildman–Crippen MR) is 57.5 cm³/mol. The smallest absolute Gasteiger partial charge is 0.372 e. The first-order valence-electron chi connectivity index (χ1n) is 4.78. The van der Waals surface area contributed by atoms with Crippen molar-refractivity contribution in [2.24, 2.45) is 5.73 Å². The molecule has 0 aliphatic rings. The SMILES string of the molecule is CN(CC(=O)OC(=O)CCC(=O)C(=O)O)C(=N)N. The van der Waals surface area contributed by atoms with Gasteiger partial charge in [-0.25, -0.2) is 9.59 Å². The summed E-state index contributed by atoms with van der Waals surface area (Å²) in [6, 6.07) is 0. The van der Waals surface area contributed by atoms with Crippen molar-refractivity contribution in [3.05, 3.63) is 0 Å². The maximum absolute atomic E-state index is 11.1. The van der Waals surface area contributed by atoms with Crippen molar-refractivity contribution in [1.29, 1.82) is 5.41 Å². The molecule has 0 spiro atoms. The number of hydrogen-bond acceptors (Lipinski definition) is 6. The fraction of sp³-hybridized carbons (Fsp3) is 0.444. The van der Waals surface area contributed by atoms with Gasteiger partial charge in [0.25, 0.3) is 0 Å². The Kier molecular flexibility index (Phi) is 6.04. The van der Waals surface area contributed by atoms with Crippen LogP contribution in [0.1, 0.15) is 12.8 Å². The van der Waals surface area contributed by atoms with E-state index in [0.29, 0.717) is 0 Å². The number of likely N-dealkylation sites (N-methyl/N-ethyl adjacent to an activating group) is 1. The summed E-state index contributed by atoms with van der Waals surface area (Å²) in [6.07, 6.45) is -1.04. The maximum Gasteiger partial charge on any atom is 0.372 e. The fourth-order valence-corrected chi connectivity index (χ4v) is 0.812. The number of Topliss-reactive ketones (excluding diaryl/α,β-unsaturated/α-hetero) is 1. The Balaban J connectivity index is 4.02. The molecule has 9 nitrogen and oxygen atoms in total. The molecule has 0 aromatic carbocycles. The third-order valence-electron chi connectivity index (χ3n) is 1.80. The Labute approximate surface area is 102 Å². The Morgan fingerprint density at radius 3 is 2.22 bits per heavy atom. The zero-order chi connectivity index (χ0) is 14.3. The van der Waals surface area contributed by atoms with Crippen molar-refractivity contribution < 1.29 is 29.0 Å². The Morgan fingerprint density at radius 2 is 1.78 bits per heavy atom. The highest BCUT2D eigenvalue weighted by Crippen LogP contribution is 1.96. The van der Waals surface area contributed by atoms with E-state index in [0.717, 1.165) is 4.90 Å². The van der Waals surface area contributed by atoms with E-state index in [1.807, 2.05) is 0 Å². The topological polar surface area (TPSA) is 151 Å². The lowest BCUT2D eigenvalue weighted by Crippen LogP contribution is -2.38. The molecule has 0 bridgehead atoms. The maximum atomic E-state index is 11.1. The molecule has 0 aromatic rings. The quantitative estimate of drug-likeness (QED) is 0.168. The number of ketones is 1. The number of nitrogens with two attached hydrogens (primary N) is 1. The molecular weight excluding hydrogens is 246 g/mol. The largest absolute Gasteiger partial charge is 0.476 e. The minimum absolute atomic E-state index is 0.375. The third kappa shape index (κ3) is 6.20. The van der Waals surface area contributed by atoms with Gasteiger partial charge in [0.2, 0.25) is 5.78 Å². The van der Waals surface area contributed by atoms with Gasteiger partial charge in [0.15, 0.2) is 5.96 Å². The standard InChI is InChI=1S/C9H13N3O6/c1-12(9(10)11)4-7(15)18-6(14)3-2-5(13)8(16)17/h2-4H2,1H3,(H3,10,11)(H,16,17). The lowest BCUT2D eigenvalue weighted by Gasteiger charge is -2.14. The van der Waals surface area contributed by atoms with Crippen LogP contribution in [0.15, 0.2) is 0 Å². The second kappa shape index (κ2) is 6.99.